The van der Waals surface area contributed by atoms with Crippen molar-refractivity contribution in [3.8, 4) is 23.0 Å². The van der Waals surface area contributed by atoms with Crippen LogP contribution in [0.15, 0.2) is 53.4 Å². The fraction of sp³-hybridized carbons (Fsp3) is 0.333. The van der Waals surface area contributed by atoms with Crippen LogP contribution in [0.5, 0.6) is 23.0 Å². The minimum absolute atomic E-state index is 0.0177. The molecule has 1 aliphatic rings. The van der Waals surface area contributed by atoms with Crippen LogP contribution in [0.25, 0.3) is 5.76 Å². The molecule has 0 saturated carbocycles. The number of Topliss-reactive ketones (excluding diaryl/α,β-unsaturated/α-hetero) is 1. The van der Waals surface area contributed by atoms with Crippen molar-refractivity contribution in [2.45, 2.75) is 38.8 Å². The fourth-order valence-corrected chi connectivity index (χ4v) is 5.52. The summed E-state index contributed by atoms with van der Waals surface area (Å²) in [7, 11) is 6.08. The first-order valence-electron chi connectivity index (χ1n) is 12.3. The monoisotopic (exact) mass is 551 g/mol. The first-order valence-corrected chi connectivity index (χ1v) is 13.2. The van der Waals surface area contributed by atoms with E-state index in [1.807, 2.05) is 38.3 Å². The average molecular weight is 552 g/mol. The van der Waals surface area contributed by atoms with Gasteiger partial charge in [-0.3, -0.25) is 9.59 Å². The van der Waals surface area contributed by atoms with Gasteiger partial charge in [0.2, 0.25) is 5.75 Å². The van der Waals surface area contributed by atoms with Gasteiger partial charge in [0.05, 0.1) is 46.6 Å². The highest BCUT2D eigenvalue weighted by Crippen LogP contribution is 2.46. The van der Waals surface area contributed by atoms with Crippen LogP contribution in [-0.2, 0) is 21.5 Å². The summed E-state index contributed by atoms with van der Waals surface area (Å²) >= 11 is 1.48. The van der Waals surface area contributed by atoms with Crippen LogP contribution >= 0.6 is 11.3 Å². The molecule has 3 aromatic rings. The Labute approximate surface area is 232 Å². The van der Waals surface area contributed by atoms with Crippen LogP contribution in [0.3, 0.4) is 0 Å². The van der Waals surface area contributed by atoms with Crippen molar-refractivity contribution in [1.82, 2.24) is 4.90 Å². The lowest BCUT2D eigenvalue weighted by molar-refractivity contribution is -0.140. The largest absolute Gasteiger partial charge is 0.507 e. The normalized spacial score (nSPS) is 16.9. The number of carbonyl (C=O) groups excluding carboxylic acids is 2. The Hall–Kier alpha value is -3.98. The van der Waals surface area contributed by atoms with Gasteiger partial charge in [-0.1, -0.05) is 26.8 Å². The van der Waals surface area contributed by atoms with Gasteiger partial charge in [0, 0.05) is 16.0 Å². The van der Waals surface area contributed by atoms with Crippen LogP contribution in [0, 0.1) is 0 Å². The molecule has 1 fully saturated rings. The van der Waals surface area contributed by atoms with Crippen molar-refractivity contribution in [2.75, 3.05) is 28.4 Å². The van der Waals surface area contributed by atoms with Crippen LogP contribution in [0.1, 0.15) is 48.4 Å². The Kier molecular flexibility index (Phi) is 7.92. The molecule has 4 rings (SSSR count). The van der Waals surface area contributed by atoms with Gasteiger partial charge in [-0.05, 0) is 52.8 Å². The highest BCUT2D eigenvalue weighted by Gasteiger charge is 2.47. The molecule has 2 aromatic carbocycles. The number of amides is 1. The van der Waals surface area contributed by atoms with Gasteiger partial charge in [-0.25, -0.2) is 0 Å². The molecule has 9 heteroatoms. The molecule has 1 aliphatic heterocycles. The third kappa shape index (κ3) is 5.18. The smallest absolute Gasteiger partial charge is 0.295 e. The summed E-state index contributed by atoms with van der Waals surface area (Å²) in [5, 5.41) is 13.6. The van der Waals surface area contributed by atoms with Crippen molar-refractivity contribution in [3.05, 3.63) is 75.0 Å². The Balaban J connectivity index is 1.97. The number of aliphatic hydroxyl groups excluding tert-OH is 1. The van der Waals surface area contributed by atoms with Crippen molar-refractivity contribution in [1.29, 1.82) is 0 Å². The molecular weight excluding hydrogens is 518 g/mol. The van der Waals surface area contributed by atoms with Crippen molar-refractivity contribution >= 4 is 28.8 Å². The highest BCUT2D eigenvalue weighted by molar-refractivity contribution is 7.09. The molecule has 1 atom stereocenters. The lowest BCUT2D eigenvalue weighted by atomic mass is 9.84. The summed E-state index contributed by atoms with van der Waals surface area (Å²) in [5.41, 5.74) is 1.48. The van der Waals surface area contributed by atoms with Crippen molar-refractivity contribution in [3.63, 3.8) is 0 Å². The maximum atomic E-state index is 13.6. The van der Waals surface area contributed by atoms with Gasteiger partial charge >= 0.3 is 0 Å². The van der Waals surface area contributed by atoms with E-state index in [2.05, 4.69) is 0 Å². The van der Waals surface area contributed by atoms with E-state index >= 15 is 0 Å². The minimum atomic E-state index is -0.902. The Morgan fingerprint density at radius 1 is 0.923 bits per heavy atom. The van der Waals surface area contributed by atoms with E-state index in [1.165, 1.54) is 37.6 Å². The highest BCUT2D eigenvalue weighted by atomic mass is 32.1. The first-order chi connectivity index (χ1) is 18.5. The third-order valence-electron chi connectivity index (χ3n) is 6.73. The number of thiophene rings is 1. The third-order valence-corrected chi connectivity index (χ3v) is 7.59. The second kappa shape index (κ2) is 11.0. The van der Waals surface area contributed by atoms with Gasteiger partial charge in [0.25, 0.3) is 11.7 Å². The van der Waals surface area contributed by atoms with Crippen LogP contribution < -0.4 is 18.9 Å². The second-order valence-electron chi connectivity index (χ2n) is 10.1. The van der Waals surface area contributed by atoms with E-state index < -0.39 is 17.7 Å². The van der Waals surface area contributed by atoms with Gasteiger partial charge < -0.3 is 29.0 Å². The lowest BCUT2D eigenvalue weighted by Crippen LogP contribution is -2.29. The number of rotatable bonds is 8. The number of ether oxygens (including phenoxy) is 4. The van der Waals surface area contributed by atoms with Crippen LogP contribution in [-0.4, -0.2) is 50.1 Å². The van der Waals surface area contributed by atoms with Gasteiger partial charge in [0.15, 0.2) is 11.5 Å². The molecular formula is C30H33NO7S. The number of carbonyl (C=O) groups is 2. The Morgan fingerprint density at radius 3 is 2.08 bits per heavy atom. The number of methoxy groups -OCH3 is 4. The molecule has 0 spiro atoms. The Bertz CT molecular complexity index is 1390. The molecule has 1 aromatic heterocycles. The van der Waals surface area contributed by atoms with E-state index in [4.69, 9.17) is 18.9 Å². The second-order valence-corrected chi connectivity index (χ2v) is 11.2. The quantitative estimate of drug-likeness (QED) is 0.218. The van der Waals surface area contributed by atoms with Crippen molar-refractivity contribution < 1.29 is 33.6 Å². The van der Waals surface area contributed by atoms with Gasteiger partial charge in [-0.15, -0.1) is 11.3 Å². The van der Waals surface area contributed by atoms with Crippen LogP contribution in [0.4, 0.5) is 0 Å². The molecule has 206 valence electrons. The molecule has 1 amide bonds. The molecule has 1 N–H and O–H groups in total. The zero-order chi connectivity index (χ0) is 28.5. The van der Waals surface area contributed by atoms with E-state index in [0.717, 1.165) is 10.4 Å². The molecule has 1 saturated heterocycles. The molecule has 0 radical (unpaired) electrons. The zero-order valence-corrected chi connectivity index (χ0v) is 24.0. The number of hydrogen-bond donors (Lipinski definition) is 1. The maximum Gasteiger partial charge on any atom is 0.295 e. The summed E-state index contributed by atoms with van der Waals surface area (Å²) in [4.78, 5) is 29.4. The predicted octanol–water partition coefficient (Wildman–Crippen LogP) is 5.70. The minimum Gasteiger partial charge on any atom is -0.507 e. The summed E-state index contributed by atoms with van der Waals surface area (Å²) < 4.78 is 22.1. The molecule has 39 heavy (non-hydrogen) atoms. The number of ketones is 1. The van der Waals surface area contributed by atoms with Gasteiger partial charge in [-0.2, -0.15) is 0 Å². The number of nitrogens with zero attached hydrogens (tertiary/aromatic N) is 1. The van der Waals surface area contributed by atoms with Crippen molar-refractivity contribution in [2.24, 2.45) is 0 Å². The van der Waals surface area contributed by atoms with Crippen LogP contribution in [0.2, 0.25) is 0 Å². The lowest BCUT2D eigenvalue weighted by Gasteiger charge is -2.26. The Morgan fingerprint density at radius 2 is 1.56 bits per heavy atom. The van der Waals surface area contributed by atoms with E-state index in [9.17, 15) is 14.7 Å². The summed E-state index contributed by atoms with van der Waals surface area (Å²) in [6, 6.07) is 11.5. The SMILES string of the molecule is COc1ccc(/C(O)=C2\C(=O)C(=O)N(Cc3cccs3)C2c2cc(OC)c(OC)c(OC)c2)cc1C(C)(C)C. The van der Waals surface area contributed by atoms with E-state index in [1.54, 1.807) is 37.4 Å². The fourth-order valence-electron chi connectivity index (χ4n) is 4.82. The molecule has 0 aliphatic carbocycles. The topological polar surface area (TPSA) is 94.5 Å². The molecule has 2 heterocycles. The molecule has 8 nitrogen and oxygen atoms in total. The standard InChI is InChI=1S/C30H33NO7S/c1-30(2,3)20-13-17(10-11-21(20)35-4)26(32)24-25(18-14-22(36-5)28(38-7)23(15-18)37-6)31(29(34)27(24)33)16-19-9-8-12-39-19/h8-15,25,32H,16H2,1-7H3/b26-24+. The van der Waals surface area contributed by atoms with E-state index in [-0.39, 0.29) is 23.3 Å². The maximum absolute atomic E-state index is 13.6. The predicted molar refractivity (Wildman–Crippen MR) is 150 cm³/mol. The van der Waals surface area contributed by atoms with Gasteiger partial charge in [0.1, 0.15) is 11.5 Å². The number of likely N-dealkylation sites (tertiary alicyclic amines) is 1. The average Bonchev–Trinajstić information content (AvgIpc) is 3.53. The number of benzene rings is 2. The number of hydrogen-bond acceptors (Lipinski definition) is 8. The summed E-state index contributed by atoms with van der Waals surface area (Å²) in [6.07, 6.45) is 0. The summed E-state index contributed by atoms with van der Waals surface area (Å²) in [5.74, 6) is 0.0430. The molecule has 0 bridgehead atoms. The summed E-state index contributed by atoms with van der Waals surface area (Å²) in [6.45, 7) is 6.29. The first kappa shape index (κ1) is 28.0. The number of aliphatic hydroxyl groups is 1. The van der Waals surface area contributed by atoms with E-state index in [0.29, 0.717) is 34.1 Å². The molecule has 1 unspecified atom stereocenters. The zero-order valence-electron chi connectivity index (χ0n) is 23.2.